The number of fused-ring (bicyclic) bond motifs is 2. The van der Waals surface area contributed by atoms with Crippen molar-refractivity contribution in [2.45, 2.75) is 31.2 Å². The van der Waals surface area contributed by atoms with Gasteiger partial charge in [0.1, 0.15) is 11.6 Å². The van der Waals surface area contributed by atoms with E-state index in [2.05, 4.69) is 4.57 Å². The van der Waals surface area contributed by atoms with Gasteiger partial charge in [-0.25, -0.2) is 4.98 Å². The lowest BCUT2D eigenvalue weighted by molar-refractivity contribution is 0.0663. The van der Waals surface area contributed by atoms with E-state index in [1.807, 2.05) is 41.4 Å². The Labute approximate surface area is 186 Å². The number of hydrogen-bond acceptors (Lipinski definition) is 4. The minimum absolute atomic E-state index is 0.0105. The van der Waals surface area contributed by atoms with Crippen LogP contribution in [0.3, 0.4) is 0 Å². The second-order valence-corrected chi connectivity index (χ2v) is 8.61. The predicted octanol–water partition coefficient (Wildman–Crippen LogP) is 3.24. The van der Waals surface area contributed by atoms with E-state index in [9.17, 15) is 9.59 Å². The van der Waals surface area contributed by atoms with Gasteiger partial charge in [-0.15, -0.1) is 0 Å². The largest absolute Gasteiger partial charge is 0.497 e. The third-order valence-corrected chi connectivity index (χ3v) is 6.93. The molecule has 0 saturated carbocycles. The minimum atomic E-state index is -0.427. The standard InChI is InChI=1S/C25H26N4O3/c1-32-20-4-2-3-19(15-20)23(31)28-12-9-25(10-13-28)11-14-29-21(16-27-24(25)29)17-5-7-18(8-6-17)22(26)30/h2-8,15-16H,9-14H2,1H3,(H2,26,30). The Morgan fingerprint density at radius 2 is 1.72 bits per heavy atom. The molecule has 7 nitrogen and oxygen atoms in total. The van der Waals surface area contributed by atoms with Gasteiger partial charge in [-0.3, -0.25) is 9.59 Å². The Morgan fingerprint density at radius 1 is 1.00 bits per heavy atom. The molecule has 0 unspecified atom stereocenters. The summed E-state index contributed by atoms with van der Waals surface area (Å²) in [5.41, 5.74) is 8.61. The van der Waals surface area contributed by atoms with Gasteiger partial charge in [0.15, 0.2) is 0 Å². The number of primary amides is 1. The molecule has 3 aromatic rings. The number of carbonyl (C=O) groups excluding carboxylic acids is 2. The third kappa shape index (κ3) is 3.34. The van der Waals surface area contributed by atoms with E-state index in [-0.39, 0.29) is 11.3 Å². The number of hydrogen-bond donors (Lipinski definition) is 1. The van der Waals surface area contributed by atoms with Crippen LogP contribution >= 0.6 is 0 Å². The normalized spacial score (nSPS) is 16.7. The molecule has 2 aromatic carbocycles. The fourth-order valence-electron chi connectivity index (χ4n) is 5.05. The Morgan fingerprint density at radius 3 is 2.41 bits per heavy atom. The highest BCUT2D eigenvalue weighted by Gasteiger charge is 2.44. The number of ether oxygens (including phenoxy) is 1. The molecule has 3 heterocycles. The van der Waals surface area contributed by atoms with Crippen LogP contribution in [0.15, 0.2) is 54.7 Å². The van der Waals surface area contributed by atoms with Gasteiger partial charge in [0, 0.05) is 36.2 Å². The predicted molar refractivity (Wildman–Crippen MR) is 121 cm³/mol. The number of benzene rings is 2. The minimum Gasteiger partial charge on any atom is -0.497 e. The lowest BCUT2D eigenvalue weighted by Gasteiger charge is -2.38. The van der Waals surface area contributed by atoms with Crippen molar-refractivity contribution in [2.75, 3.05) is 20.2 Å². The lowest BCUT2D eigenvalue weighted by Crippen LogP contribution is -2.44. The number of likely N-dealkylation sites (tertiary alicyclic amines) is 1. The Bertz CT molecular complexity index is 1170. The molecule has 1 aromatic heterocycles. The first-order chi connectivity index (χ1) is 15.5. The third-order valence-electron chi connectivity index (χ3n) is 6.93. The summed E-state index contributed by atoms with van der Waals surface area (Å²) in [5.74, 6) is 1.43. The Kier molecular flexibility index (Phi) is 4.96. The molecule has 0 aliphatic carbocycles. The molecule has 1 saturated heterocycles. The average molecular weight is 431 g/mol. The highest BCUT2D eigenvalue weighted by Crippen LogP contribution is 2.44. The van der Waals surface area contributed by atoms with Gasteiger partial charge in [-0.05, 0) is 55.2 Å². The summed E-state index contributed by atoms with van der Waals surface area (Å²) < 4.78 is 7.55. The van der Waals surface area contributed by atoms with Gasteiger partial charge >= 0.3 is 0 Å². The van der Waals surface area contributed by atoms with Crippen molar-refractivity contribution in [2.24, 2.45) is 5.73 Å². The second kappa shape index (κ2) is 7.82. The second-order valence-electron chi connectivity index (χ2n) is 8.61. The van der Waals surface area contributed by atoms with E-state index in [0.29, 0.717) is 30.0 Å². The van der Waals surface area contributed by atoms with Crippen LogP contribution in [-0.4, -0.2) is 46.5 Å². The van der Waals surface area contributed by atoms with Gasteiger partial charge in [0.05, 0.1) is 19.0 Å². The summed E-state index contributed by atoms with van der Waals surface area (Å²) in [7, 11) is 1.61. The molecule has 32 heavy (non-hydrogen) atoms. The quantitative estimate of drug-likeness (QED) is 0.688. The smallest absolute Gasteiger partial charge is 0.253 e. The van der Waals surface area contributed by atoms with Crippen molar-refractivity contribution < 1.29 is 14.3 Å². The van der Waals surface area contributed by atoms with Crippen LogP contribution in [0.2, 0.25) is 0 Å². The van der Waals surface area contributed by atoms with Gasteiger partial charge in [0.2, 0.25) is 5.91 Å². The first-order valence-electron chi connectivity index (χ1n) is 10.9. The van der Waals surface area contributed by atoms with Crippen LogP contribution in [0.1, 0.15) is 45.8 Å². The van der Waals surface area contributed by atoms with E-state index in [1.54, 1.807) is 25.3 Å². The number of methoxy groups -OCH3 is 1. The van der Waals surface area contributed by atoms with Crippen LogP contribution in [0.5, 0.6) is 5.75 Å². The number of piperidine rings is 1. The average Bonchev–Trinajstić information content (AvgIpc) is 3.41. The molecular weight excluding hydrogens is 404 g/mol. The number of aromatic nitrogens is 2. The van der Waals surface area contributed by atoms with Crippen molar-refractivity contribution in [3.05, 3.63) is 71.7 Å². The summed E-state index contributed by atoms with van der Waals surface area (Å²) in [6.45, 7) is 2.34. The number of amides is 2. The highest BCUT2D eigenvalue weighted by molar-refractivity contribution is 5.94. The molecule has 1 spiro atoms. The van der Waals surface area contributed by atoms with Gasteiger partial charge in [-0.2, -0.15) is 0 Å². The van der Waals surface area contributed by atoms with Crippen LogP contribution in [0, 0.1) is 0 Å². The molecule has 2 N–H and O–H groups in total. The summed E-state index contributed by atoms with van der Waals surface area (Å²) in [4.78, 5) is 31.1. The molecule has 7 heteroatoms. The number of rotatable bonds is 4. The van der Waals surface area contributed by atoms with Crippen LogP contribution in [0.4, 0.5) is 0 Å². The van der Waals surface area contributed by atoms with E-state index < -0.39 is 5.91 Å². The number of nitrogens with zero attached hydrogens (tertiary/aromatic N) is 3. The lowest BCUT2D eigenvalue weighted by atomic mass is 9.76. The van der Waals surface area contributed by atoms with Crippen molar-refractivity contribution >= 4 is 11.8 Å². The molecule has 2 amide bonds. The number of nitrogens with two attached hydrogens (primary N) is 1. The molecular formula is C25H26N4O3. The molecule has 2 aliphatic rings. The van der Waals surface area contributed by atoms with Crippen LogP contribution in [-0.2, 0) is 12.0 Å². The van der Waals surface area contributed by atoms with E-state index in [1.165, 1.54) is 0 Å². The molecule has 1 fully saturated rings. The van der Waals surface area contributed by atoms with E-state index >= 15 is 0 Å². The summed E-state index contributed by atoms with van der Waals surface area (Å²) in [6.07, 6.45) is 4.76. The van der Waals surface area contributed by atoms with Gasteiger partial charge in [-0.1, -0.05) is 18.2 Å². The van der Waals surface area contributed by atoms with Crippen molar-refractivity contribution in [3.8, 4) is 17.0 Å². The van der Waals surface area contributed by atoms with Gasteiger partial charge in [0.25, 0.3) is 5.91 Å². The molecule has 0 bridgehead atoms. The first kappa shape index (κ1) is 20.3. The molecule has 0 atom stereocenters. The summed E-state index contributed by atoms with van der Waals surface area (Å²) in [6, 6.07) is 14.7. The van der Waals surface area contributed by atoms with E-state index in [4.69, 9.17) is 15.5 Å². The summed E-state index contributed by atoms with van der Waals surface area (Å²) >= 11 is 0. The molecule has 2 aliphatic heterocycles. The highest BCUT2D eigenvalue weighted by atomic mass is 16.5. The van der Waals surface area contributed by atoms with Crippen molar-refractivity contribution in [3.63, 3.8) is 0 Å². The maximum atomic E-state index is 13.0. The molecule has 0 radical (unpaired) electrons. The first-order valence-corrected chi connectivity index (χ1v) is 10.9. The number of carbonyl (C=O) groups is 2. The van der Waals surface area contributed by atoms with Gasteiger partial charge < -0.3 is 19.9 Å². The maximum Gasteiger partial charge on any atom is 0.253 e. The van der Waals surface area contributed by atoms with Crippen molar-refractivity contribution in [1.29, 1.82) is 0 Å². The SMILES string of the molecule is COc1cccc(C(=O)N2CCC3(CC2)CCn2c(-c4ccc(C(N)=O)cc4)cnc23)c1. The zero-order chi connectivity index (χ0) is 22.3. The van der Waals surface area contributed by atoms with Crippen LogP contribution in [0.25, 0.3) is 11.3 Å². The Hall–Kier alpha value is -3.61. The molecule has 164 valence electrons. The maximum absolute atomic E-state index is 13.0. The topological polar surface area (TPSA) is 90.5 Å². The monoisotopic (exact) mass is 430 g/mol. The fourth-order valence-corrected chi connectivity index (χ4v) is 5.05. The fraction of sp³-hybridized carbons (Fsp3) is 0.320. The zero-order valence-corrected chi connectivity index (χ0v) is 18.1. The molecule has 5 rings (SSSR count). The summed E-state index contributed by atoms with van der Waals surface area (Å²) in [5, 5.41) is 0. The zero-order valence-electron chi connectivity index (χ0n) is 18.1. The van der Waals surface area contributed by atoms with E-state index in [0.717, 1.165) is 42.9 Å². The van der Waals surface area contributed by atoms with Crippen LogP contribution < -0.4 is 10.5 Å². The van der Waals surface area contributed by atoms with Crippen molar-refractivity contribution in [1.82, 2.24) is 14.5 Å². The number of imidazole rings is 1. The Balaban J connectivity index is 1.33.